The van der Waals surface area contributed by atoms with E-state index in [2.05, 4.69) is 25.7 Å². The fraction of sp³-hybridized carbons (Fsp3) is 0.0400. The maximum absolute atomic E-state index is 12.7. The Balaban J connectivity index is 1.28. The summed E-state index contributed by atoms with van der Waals surface area (Å²) >= 11 is 1.11. The average Bonchev–Trinajstić information content (AvgIpc) is 3.38. The molecule has 9 nitrogen and oxygen atoms in total. The van der Waals surface area contributed by atoms with E-state index in [0.717, 1.165) is 16.9 Å². The number of rotatable bonds is 6. The zero-order valence-corrected chi connectivity index (χ0v) is 19.2. The zero-order chi connectivity index (χ0) is 24.4. The third-order valence-electron chi connectivity index (χ3n) is 5.26. The first-order valence-electron chi connectivity index (χ1n) is 10.6. The molecule has 1 aromatic heterocycles. The second-order valence-electron chi connectivity index (χ2n) is 7.53. The lowest BCUT2D eigenvalue weighted by Gasteiger charge is -2.14. The molecule has 4 aromatic rings. The van der Waals surface area contributed by atoms with Gasteiger partial charge in [-0.25, -0.2) is 4.90 Å². The summed E-state index contributed by atoms with van der Waals surface area (Å²) in [5.74, 6) is -0.918. The van der Waals surface area contributed by atoms with Crippen LogP contribution in [0.25, 0.3) is 0 Å². The largest absolute Gasteiger partial charge is 0.491 e. The van der Waals surface area contributed by atoms with Gasteiger partial charge in [-0.05, 0) is 48.9 Å². The molecule has 0 unspecified atom stereocenters. The first-order valence-corrected chi connectivity index (χ1v) is 11.4. The molecule has 0 saturated heterocycles. The lowest BCUT2D eigenvalue weighted by atomic mass is 10.1. The van der Waals surface area contributed by atoms with Crippen LogP contribution in [0.15, 0.2) is 94.2 Å². The fourth-order valence-electron chi connectivity index (χ4n) is 3.49. The van der Waals surface area contributed by atoms with Crippen LogP contribution < -0.4 is 10.3 Å². The normalized spacial score (nSPS) is 13.5. The molecule has 2 amide bonds. The summed E-state index contributed by atoms with van der Waals surface area (Å²) in [4.78, 5) is 30.5. The molecule has 35 heavy (non-hydrogen) atoms. The molecule has 0 atom stereocenters. The van der Waals surface area contributed by atoms with Crippen LogP contribution in [0.3, 0.4) is 0 Å². The average molecular weight is 483 g/mol. The molecular weight excluding hydrogens is 464 g/mol. The third-order valence-corrected chi connectivity index (χ3v) is 6.09. The van der Waals surface area contributed by atoms with Crippen molar-refractivity contribution < 1.29 is 14.7 Å². The first kappa shape index (κ1) is 22.1. The lowest BCUT2D eigenvalue weighted by molar-refractivity contribution is 0.0926. The van der Waals surface area contributed by atoms with Gasteiger partial charge in [-0.3, -0.25) is 15.0 Å². The summed E-state index contributed by atoms with van der Waals surface area (Å²) in [5.41, 5.74) is 6.18. The van der Waals surface area contributed by atoms with E-state index in [4.69, 9.17) is 0 Å². The van der Waals surface area contributed by atoms with Crippen molar-refractivity contribution in [2.45, 2.75) is 6.92 Å². The van der Waals surface area contributed by atoms with E-state index in [1.807, 2.05) is 18.2 Å². The number of hydrogen-bond donors (Lipinski definition) is 2. The predicted molar refractivity (Wildman–Crippen MR) is 134 cm³/mol. The Morgan fingerprint density at radius 1 is 0.886 bits per heavy atom. The number of thiazole rings is 1. The van der Waals surface area contributed by atoms with Crippen LogP contribution in [0.4, 0.5) is 21.5 Å². The fourth-order valence-corrected chi connectivity index (χ4v) is 4.11. The Morgan fingerprint density at radius 2 is 1.51 bits per heavy atom. The van der Waals surface area contributed by atoms with Gasteiger partial charge in [0, 0.05) is 0 Å². The number of aromatic hydroxyl groups is 1. The second kappa shape index (κ2) is 9.27. The highest BCUT2D eigenvalue weighted by Crippen LogP contribution is 2.37. The molecule has 3 aromatic carbocycles. The maximum Gasteiger partial charge on any atom is 0.266 e. The van der Waals surface area contributed by atoms with Crippen LogP contribution in [0.2, 0.25) is 0 Å². The number of hydrogen-bond acceptors (Lipinski definition) is 9. The topological polar surface area (TPSA) is 120 Å². The first-order chi connectivity index (χ1) is 17.0. The SMILES string of the molecule is CC(=NNc1nc(O)c(N=Nc2ccccc2)s1)c1ccc(N2C(=O)c3ccccc3C2=O)cc1. The molecule has 0 spiro atoms. The van der Waals surface area contributed by atoms with Crippen molar-refractivity contribution in [3.63, 3.8) is 0 Å². The standard InChI is InChI=1S/C25H18N6O3S/c1-15(27-30-25-26-21(32)22(35-25)29-28-17-7-3-2-4-8-17)16-11-13-18(14-12-16)31-23(33)19-9-5-6-10-20(19)24(31)34/h2-14,32H,1H3,(H,26,30). The monoisotopic (exact) mass is 482 g/mol. The number of azo groups is 1. The molecule has 2 heterocycles. The number of fused-ring (bicyclic) bond motifs is 1. The molecule has 0 bridgehead atoms. The van der Waals surface area contributed by atoms with Gasteiger partial charge in [-0.1, -0.05) is 53.8 Å². The van der Waals surface area contributed by atoms with E-state index in [1.54, 1.807) is 67.6 Å². The summed E-state index contributed by atoms with van der Waals surface area (Å²) in [5, 5.41) is 23.1. The van der Waals surface area contributed by atoms with Crippen LogP contribution in [0.1, 0.15) is 33.2 Å². The second-order valence-corrected chi connectivity index (χ2v) is 8.51. The van der Waals surface area contributed by atoms with Gasteiger partial charge in [-0.2, -0.15) is 10.1 Å². The summed E-state index contributed by atoms with van der Waals surface area (Å²) < 4.78 is 0. The minimum Gasteiger partial charge on any atom is -0.491 e. The van der Waals surface area contributed by atoms with E-state index < -0.39 is 0 Å². The van der Waals surface area contributed by atoms with Gasteiger partial charge in [-0.15, -0.1) is 10.2 Å². The van der Waals surface area contributed by atoms with Crippen molar-refractivity contribution in [2.75, 3.05) is 10.3 Å². The van der Waals surface area contributed by atoms with E-state index in [9.17, 15) is 14.7 Å². The summed E-state index contributed by atoms with van der Waals surface area (Å²) in [6.07, 6.45) is 0. The van der Waals surface area contributed by atoms with Crippen LogP contribution in [-0.2, 0) is 0 Å². The molecule has 2 N–H and O–H groups in total. The van der Waals surface area contributed by atoms with Crippen LogP contribution in [0.5, 0.6) is 5.88 Å². The van der Waals surface area contributed by atoms with E-state index >= 15 is 0 Å². The number of benzene rings is 3. The zero-order valence-electron chi connectivity index (χ0n) is 18.4. The van der Waals surface area contributed by atoms with Gasteiger partial charge in [0.05, 0.1) is 28.2 Å². The van der Waals surface area contributed by atoms with Crippen molar-refractivity contribution in [1.82, 2.24) is 4.98 Å². The number of imide groups is 1. The minimum absolute atomic E-state index is 0.240. The lowest BCUT2D eigenvalue weighted by Crippen LogP contribution is -2.29. The van der Waals surface area contributed by atoms with Crippen molar-refractivity contribution in [3.05, 3.63) is 95.6 Å². The smallest absolute Gasteiger partial charge is 0.266 e. The van der Waals surface area contributed by atoms with Gasteiger partial charge >= 0.3 is 0 Å². The van der Waals surface area contributed by atoms with Crippen LogP contribution >= 0.6 is 11.3 Å². The summed E-state index contributed by atoms with van der Waals surface area (Å²) in [7, 11) is 0. The molecule has 0 radical (unpaired) electrons. The highest BCUT2D eigenvalue weighted by atomic mass is 32.1. The third kappa shape index (κ3) is 4.42. The molecular formula is C25H18N6O3S. The van der Waals surface area contributed by atoms with Gasteiger partial charge in [0.1, 0.15) is 0 Å². The molecule has 0 aliphatic carbocycles. The van der Waals surface area contributed by atoms with Crippen molar-refractivity contribution in [3.8, 4) is 5.88 Å². The highest BCUT2D eigenvalue weighted by Gasteiger charge is 2.36. The Labute approximate surface area is 204 Å². The maximum atomic E-state index is 12.7. The minimum atomic E-state index is -0.339. The van der Waals surface area contributed by atoms with Gasteiger partial charge in [0.15, 0.2) is 0 Å². The molecule has 5 rings (SSSR count). The van der Waals surface area contributed by atoms with Crippen molar-refractivity contribution in [2.24, 2.45) is 15.3 Å². The van der Waals surface area contributed by atoms with E-state index in [1.165, 1.54) is 4.90 Å². The molecule has 0 saturated carbocycles. The predicted octanol–water partition coefficient (Wildman–Crippen LogP) is 5.90. The van der Waals surface area contributed by atoms with Gasteiger partial charge < -0.3 is 5.11 Å². The molecule has 10 heteroatoms. The van der Waals surface area contributed by atoms with Gasteiger partial charge in [0.2, 0.25) is 10.1 Å². The number of hydrazone groups is 1. The van der Waals surface area contributed by atoms with E-state index in [-0.39, 0.29) is 22.7 Å². The quantitative estimate of drug-likeness (QED) is 0.153. The number of nitrogens with one attached hydrogen (secondary N) is 1. The molecule has 1 aliphatic heterocycles. The van der Waals surface area contributed by atoms with Crippen molar-refractivity contribution in [1.29, 1.82) is 0 Å². The number of carbonyl (C=O) groups is 2. The highest BCUT2D eigenvalue weighted by molar-refractivity contribution is 7.19. The number of nitrogens with zero attached hydrogens (tertiary/aromatic N) is 5. The summed E-state index contributed by atoms with van der Waals surface area (Å²) in [6, 6.07) is 22.9. The number of amides is 2. The summed E-state index contributed by atoms with van der Waals surface area (Å²) in [6.45, 7) is 1.80. The van der Waals surface area contributed by atoms with Gasteiger partial charge in [0.25, 0.3) is 17.7 Å². The Bertz CT molecular complexity index is 1440. The Morgan fingerprint density at radius 3 is 2.17 bits per heavy atom. The number of aromatic nitrogens is 1. The van der Waals surface area contributed by atoms with Crippen LogP contribution in [-0.4, -0.2) is 27.6 Å². The van der Waals surface area contributed by atoms with Crippen LogP contribution in [0, 0.1) is 0 Å². The molecule has 172 valence electrons. The van der Waals surface area contributed by atoms with Crippen molar-refractivity contribution >= 4 is 50.4 Å². The number of anilines is 2. The molecule has 1 aliphatic rings. The Kier molecular flexibility index (Phi) is 5.86. The molecule has 0 fully saturated rings. The number of carbonyl (C=O) groups excluding carboxylic acids is 2. The Hall–Kier alpha value is -4.70. The van der Waals surface area contributed by atoms with E-state index in [0.29, 0.717) is 33.3 Å².